The van der Waals surface area contributed by atoms with Crippen molar-refractivity contribution in [2.45, 2.75) is 13.0 Å². The van der Waals surface area contributed by atoms with Crippen molar-refractivity contribution in [1.82, 2.24) is 4.98 Å². The third-order valence-corrected chi connectivity index (χ3v) is 4.37. The normalized spacial score (nSPS) is 12.3. The van der Waals surface area contributed by atoms with Gasteiger partial charge in [0.25, 0.3) is 0 Å². The average Bonchev–Trinajstić information content (AvgIpc) is 2.40. The first-order valence-electron chi connectivity index (χ1n) is 5.50. The molecule has 0 aliphatic heterocycles. The summed E-state index contributed by atoms with van der Waals surface area (Å²) in [6.45, 7) is 1.91. The number of anilines is 1. The second-order valence-corrected chi connectivity index (χ2v) is 5.60. The molecule has 0 bridgehead atoms. The first-order chi connectivity index (χ1) is 8.99. The predicted molar refractivity (Wildman–Crippen MR) is 80.4 cm³/mol. The number of hydrogen-bond donors (Lipinski definition) is 1. The lowest BCUT2D eigenvalue weighted by molar-refractivity contribution is 0.617. The maximum Gasteiger partial charge on any atom is 0.141 e. The largest absolute Gasteiger partial charge is 0.376 e. The van der Waals surface area contributed by atoms with Gasteiger partial charge < -0.3 is 5.32 Å². The molecule has 6 heteroatoms. The van der Waals surface area contributed by atoms with Gasteiger partial charge in [-0.25, -0.2) is 4.39 Å². The van der Waals surface area contributed by atoms with Crippen molar-refractivity contribution in [2.75, 3.05) is 5.32 Å². The molecule has 0 amide bonds. The van der Waals surface area contributed by atoms with E-state index in [0.717, 1.165) is 10.2 Å². The van der Waals surface area contributed by atoms with Gasteiger partial charge in [-0.15, -0.1) is 0 Å². The Morgan fingerprint density at radius 2 is 1.95 bits per heavy atom. The summed E-state index contributed by atoms with van der Waals surface area (Å²) in [6.07, 6.45) is 1.18. The molecule has 2 aromatic rings. The second kappa shape index (κ2) is 6.07. The van der Waals surface area contributed by atoms with Crippen molar-refractivity contribution >= 4 is 44.8 Å². The molecule has 1 atom stereocenters. The van der Waals surface area contributed by atoms with Gasteiger partial charge in [-0.1, -0.05) is 23.2 Å². The number of pyridine rings is 1. The Labute approximate surface area is 129 Å². The zero-order valence-electron chi connectivity index (χ0n) is 9.92. The number of benzene rings is 1. The fourth-order valence-corrected chi connectivity index (χ4v) is 2.42. The molecule has 0 aliphatic rings. The van der Waals surface area contributed by atoms with Crippen LogP contribution >= 0.6 is 39.1 Å². The molecule has 100 valence electrons. The van der Waals surface area contributed by atoms with Crippen molar-refractivity contribution in [3.63, 3.8) is 0 Å². The van der Waals surface area contributed by atoms with Crippen molar-refractivity contribution in [2.24, 2.45) is 0 Å². The lowest BCUT2D eigenvalue weighted by atomic mass is 10.2. The first kappa shape index (κ1) is 14.6. The smallest absolute Gasteiger partial charge is 0.141 e. The van der Waals surface area contributed by atoms with E-state index in [0.29, 0.717) is 15.7 Å². The molecule has 0 radical (unpaired) electrons. The molecule has 2 nitrogen and oxygen atoms in total. The van der Waals surface area contributed by atoms with Crippen LogP contribution in [-0.4, -0.2) is 4.98 Å². The van der Waals surface area contributed by atoms with Crippen molar-refractivity contribution in [1.29, 1.82) is 0 Å². The molecule has 0 aliphatic carbocycles. The Hall–Kier alpha value is -0.840. The molecule has 0 saturated carbocycles. The monoisotopic (exact) mass is 362 g/mol. The lowest BCUT2D eigenvalue weighted by Gasteiger charge is -2.16. The average molecular weight is 364 g/mol. The molecule has 1 heterocycles. The quantitative estimate of drug-likeness (QED) is 0.732. The van der Waals surface area contributed by atoms with E-state index in [2.05, 4.69) is 26.2 Å². The molecule has 0 fully saturated rings. The molecular formula is C13H10BrCl2FN2. The number of halogens is 4. The molecule has 1 unspecified atom stereocenters. The topological polar surface area (TPSA) is 24.9 Å². The molecule has 0 spiro atoms. The molecular weight excluding hydrogens is 354 g/mol. The van der Waals surface area contributed by atoms with Gasteiger partial charge in [-0.2, -0.15) is 0 Å². The molecule has 0 saturated heterocycles. The Balaban J connectivity index is 2.21. The SMILES string of the molecule is CC(Nc1ccc(Br)c(Cl)c1Cl)c1ccc(F)cn1. The summed E-state index contributed by atoms with van der Waals surface area (Å²) in [5.41, 5.74) is 1.42. The summed E-state index contributed by atoms with van der Waals surface area (Å²) in [7, 11) is 0. The minimum atomic E-state index is -0.360. The number of nitrogens with zero attached hydrogens (tertiary/aromatic N) is 1. The number of aromatic nitrogens is 1. The van der Waals surface area contributed by atoms with Crippen LogP contribution in [-0.2, 0) is 0 Å². The third-order valence-electron chi connectivity index (χ3n) is 2.60. The maximum atomic E-state index is 12.8. The Morgan fingerprint density at radius 1 is 1.21 bits per heavy atom. The number of hydrogen-bond acceptors (Lipinski definition) is 2. The predicted octanol–water partition coefficient (Wildman–Crippen LogP) is 5.46. The van der Waals surface area contributed by atoms with E-state index < -0.39 is 0 Å². The highest BCUT2D eigenvalue weighted by molar-refractivity contribution is 9.10. The van der Waals surface area contributed by atoms with Crippen LogP contribution in [0.4, 0.5) is 10.1 Å². The summed E-state index contributed by atoms with van der Waals surface area (Å²) in [5.74, 6) is -0.360. The van der Waals surface area contributed by atoms with E-state index in [9.17, 15) is 4.39 Å². The zero-order chi connectivity index (χ0) is 14.0. The minimum absolute atomic E-state index is 0.115. The van der Waals surface area contributed by atoms with Gasteiger partial charge >= 0.3 is 0 Å². The van der Waals surface area contributed by atoms with E-state index >= 15 is 0 Å². The first-order valence-corrected chi connectivity index (χ1v) is 7.05. The molecule has 1 N–H and O–H groups in total. The molecule has 19 heavy (non-hydrogen) atoms. The lowest BCUT2D eigenvalue weighted by Crippen LogP contribution is -2.09. The Morgan fingerprint density at radius 3 is 2.58 bits per heavy atom. The highest BCUT2D eigenvalue weighted by Crippen LogP contribution is 2.37. The highest BCUT2D eigenvalue weighted by Gasteiger charge is 2.12. The van der Waals surface area contributed by atoms with Crippen molar-refractivity contribution in [3.8, 4) is 0 Å². The summed E-state index contributed by atoms with van der Waals surface area (Å²) >= 11 is 15.5. The molecule has 1 aromatic carbocycles. The van der Waals surface area contributed by atoms with Gasteiger partial charge in [-0.3, -0.25) is 4.98 Å². The third kappa shape index (κ3) is 3.38. The van der Waals surface area contributed by atoms with Crippen molar-refractivity contribution in [3.05, 3.63) is 56.5 Å². The van der Waals surface area contributed by atoms with Gasteiger partial charge in [0.1, 0.15) is 5.82 Å². The number of rotatable bonds is 3. The van der Waals surface area contributed by atoms with Crippen LogP contribution in [0.25, 0.3) is 0 Å². The van der Waals surface area contributed by atoms with Crippen LogP contribution < -0.4 is 5.32 Å². The van der Waals surface area contributed by atoms with E-state index in [-0.39, 0.29) is 11.9 Å². The Bertz CT molecular complexity index is 590. The van der Waals surface area contributed by atoms with E-state index in [1.807, 2.05) is 13.0 Å². The summed E-state index contributed by atoms with van der Waals surface area (Å²) < 4.78 is 13.5. The van der Waals surface area contributed by atoms with Crippen LogP contribution in [0.5, 0.6) is 0 Å². The summed E-state index contributed by atoms with van der Waals surface area (Å²) in [5, 5.41) is 4.08. The highest BCUT2D eigenvalue weighted by atomic mass is 79.9. The second-order valence-electron chi connectivity index (χ2n) is 3.99. The number of nitrogens with one attached hydrogen (secondary N) is 1. The zero-order valence-corrected chi connectivity index (χ0v) is 13.0. The van der Waals surface area contributed by atoms with Gasteiger partial charge in [0.15, 0.2) is 0 Å². The van der Waals surface area contributed by atoms with Crippen LogP contribution in [0, 0.1) is 5.82 Å². The van der Waals surface area contributed by atoms with E-state index in [1.54, 1.807) is 12.1 Å². The van der Waals surface area contributed by atoms with Crippen LogP contribution in [0.2, 0.25) is 10.0 Å². The fourth-order valence-electron chi connectivity index (χ4n) is 1.59. The van der Waals surface area contributed by atoms with Gasteiger partial charge in [0.05, 0.1) is 33.7 Å². The van der Waals surface area contributed by atoms with Gasteiger partial charge in [-0.05, 0) is 47.1 Å². The van der Waals surface area contributed by atoms with E-state index in [1.165, 1.54) is 12.3 Å². The summed E-state index contributed by atoms with van der Waals surface area (Å²) in [6, 6.07) is 6.51. The van der Waals surface area contributed by atoms with Crippen LogP contribution in [0.15, 0.2) is 34.9 Å². The fraction of sp³-hybridized carbons (Fsp3) is 0.154. The van der Waals surface area contributed by atoms with Crippen LogP contribution in [0.3, 0.4) is 0 Å². The molecule has 1 aromatic heterocycles. The van der Waals surface area contributed by atoms with E-state index in [4.69, 9.17) is 23.2 Å². The Kier molecular flexibility index (Phi) is 4.66. The van der Waals surface area contributed by atoms with Gasteiger partial charge in [0.2, 0.25) is 0 Å². The standard InChI is InChI=1S/C13H10BrCl2FN2/c1-7(10-4-2-8(17)6-18-10)19-11-5-3-9(14)12(15)13(11)16/h2-7,19H,1H3. The maximum absolute atomic E-state index is 12.8. The van der Waals surface area contributed by atoms with Crippen LogP contribution in [0.1, 0.15) is 18.7 Å². The van der Waals surface area contributed by atoms with Crippen molar-refractivity contribution < 1.29 is 4.39 Å². The minimum Gasteiger partial charge on any atom is -0.376 e. The van der Waals surface area contributed by atoms with Gasteiger partial charge in [0, 0.05) is 4.47 Å². The summed E-state index contributed by atoms with van der Waals surface area (Å²) in [4.78, 5) is 4.02. The molecule has 2 rings (SSSR count).